The van der Waals surface area contributed by atoms with E-state index < -0.39 is 18.2 Å². The van der Waals surface area contributed by atoms with Crippen LogP contribution >= 0.6 is 0 Å². The summed E-state index contributed by atoms with van der Waals surface area (Å²) in [7, 11) is 0. The molecule has 2 aromatic carbocycles. The first-order chi connectivity index (χ1) is 13.0. The van der Waals surface area contributed by atoms with Crippen LogP contribution in [-0.2, 0) is 14.3 Å². The summed E-state index contributed by atoms with van der Waals surface area (Å²) in [4.78, 5) is 26.5. The molecule has 0 aliphatic heterocycles. The van der Waals surface area contributed by atoms with E-state index in [0.29, 0.717) is 17.9 Å². The predicted molar refractivity (Wildman–Crippen MR) is 101 cm³/mol. The second-order valence-corrected chi connectivity index (χ2v) is 5.89. The molecule has 27 heavy (non-hydrogen) atoms. The largest absolute Gasteiger partial charge is 0.479 e. The van der Waals surface area contributed by atoms with Crippen LogP contribution < -0.4 is 9.64 Å². The van der Waals surface area contributed by atoms with Gasteiger partial charge >= 0.3 is 5.97 Å². The second-order valence-electron chi connectivity index (χ2n) is 5.89. The molecular formula is C21H22N2O4. The number of para-hydroxylation sites is 1. The number of anilines is 1. The first-order valence-electron chi connectivity index (χ1n) is 8.70. The van der Waals surface area contributed by atoms with Crippen molar-refractivity contribution in [2.75, 3.05) is 11.4 Å². The van der Waals surface area contributed by atoms with Gasteiger partial charge in [-0.1, -0.05) is 18.2 Å². The number of hydrogen-bond donors (Lipinski definition) is 0. The first kappa shape index (κ1) is 20.0. The van der Waals surface area contributed by atoms with Crippen molar-refractivity contribution >= 4 is 17.6 Å². The van der Waals surface area contributed by atoms with Gasteiger partial charge in [-0.25, -0.2) is 4.79 Å². The molecule has 0 bridgehead atoms. The van der Waals surface area contributed by atoms with Crippen LogP contribution in [0.4, 0.5) is 5.69 Å². The van der Waals surface area contributed by atoms with E-state index in [1.165, 1.54) is 0 Å². The van der Waals surface area contributed by atoms with E-state index in [-0.39, 0.29) is 5.91 Å². The molecule has 1 amide bonds. The van der Waals surface area contributed by atoms with Gasteiger partial charge in [-0.05, 0) is 57.2 Å². The predicted octanol–water partition coefficient (Wildman–Crippen LogP) is 3.31. The summed E-state index contributed by atoms with van der Waals surface area (Å²) in [6.45, 7) is 5.41. The Morgan fingerprint density at radius 2 is 1.67 bits per heavy atom. The van der Waals surface area contributed by atoms with Gasteiger partial charge in [0, 0.05) is 12.2 Å². The van der Waals surface area contributed by atoms with E-state index in [1.54, 1.807) is 43.0 Å². The van der Waals surface area contributed by atoms with Gasteiger partial charge in [0.2, 0.25) is 0 Å². The van der Waals surface area contributed by atoms with Crippen LogP contribution in [0.2, 0.25) is 0 Å². The Morgan fingerprint density at radius 3 is 2.22 bits per heavy atom. The number of nitrogens with zero attached hydrogens (tertiary/aromatic N) is 2. The molecule has 0 saturated carbocycles. The van der Waals surface area contributed by atoms with Gasteiger partial charge in [0.1, 0.15) is 5.75 Å². The zero-order valence-electron chi connectivity index (χ0n) is 15.6. The molecule has 2 atom stereocenters. The summed E-state index contributed by atoms with van der Waals surface area (Å²) in [5, 5.41) is 8.80. The minimum absolute atomic E-state index is 0.303. The molecule has 0 N–H and O–H groups in total. The van der Waals surface area contributed by atoms with Crippen molar-refractivity contribution in [3.8, 4) is 11.8 Å². The normalized spacial score (nSPS) is 12.4. The third kappa shape index (κ3) is 5.32. The molecule has 140 valence electrons. The average Bonchev–Trinajstić information content (AvgIpc) is 2.69. The molecule has 0 fully saturated rings. The number of rotatable bonds is 7. The summed E-state index contributed by atoms with van der Waals surface area (Å²) < 4.78 is 10.8. The number of nitriles is 1. The standard InChI is InChI=1S/C21H22N2O4/c1-4-23(18-8-6-5-7-9-18)20(24)15(2)27-21(25)16(3)26-19-12-10-17(14-22)11-13-19/h5-13,15-16H,4H2,1-3H3/t15-,16-/m1/s1. The van der Waals surface area contributed by atoms with Crippen molar-refractivity contribution in [2.45, 2.75) is 33.0 Å². The minimum Gasteiger partial charge on any atom is -0.479 e. The fraction of sp³-hybridized carbons (Fsp3) is 0.286. The maximum Gasteiger partial charge on any atom is 0.347 e. The topological polar surface area (TPSA) is 79.6 Å². The summed E-state index contributed by atoms with van der Waals surface area (Å²) in [5.74, 6) is -0.496. The molecule has 0 aliphatic rings. The maximum atomic E-state index is 12.6. The summed E-state index contributed by atoms with van der Waals surface area (Å²) in [6.07, 6.45) is -1.83. The lowest BCUT2D eigenvalue weighted by Crippen LogP contribution is -2.41. The molecular weight excluding hydrogens is 344 g/mol. The third-order valence-corrected chi connectivity index (χ3v) is 3.92. The van der Waals surface area contributed by atoms with Gasteiger partial charge in [0.05, 0.1) is 11.6 Å². The fourth-order valence-electron chi connectivity index (χ4n) is 2.47. The quantitative estimate of drug-likeness (QED) is 0.703. The molecule has 6 nitrogen and oxygen atoms in total. The van der Waals surface area contributed by atoms with Crippen LogP contribution in [0.15, 0.2) is 54.6 Å². The van der Waals surface area contributed by atoms with E-state index >= 15 is 0 Å². The Bertz CT molecular complexity index is 812. The molecule has 2 aromatic rings. The molecule has 0 radical (unpaired) electrons. The third-order valence-electron chi connectivity index (χ3n) is 3.92. The van der Waals surface area contributed by atoms with E-state index in [1.807, 2.05) is 43.3 Å². The van der Waals surface area contributed by atoms with Gasteiger partial charge < -0.3 is 14.4 Å². The molecule has 0 unspecified atom stereocenters. The highest BCUT2D eigenvalue weighted by atomic mass is 16.6. The number of hydrogen-bond acceptors (Lipinski definition) is 5. The lowest BCUT2D eigenvalue weighted by atomic mass is 10.2. The van der Waals surface area contributed by atoms with Crippen molar-refractivity contribution < 1.29 is 19.1 Å². The monoisotopic (exact) mass is 366 g/mol. The summed E-state index contributed by atoms with van der Waals surface area (Å²) in [5.41, 5.74) is 1.24. The Labute approximate surface area is 158 Å². The smallest absolute Gasteiger partial charge is 0.347 e. The molecule has 0 aliphatic carbocycles. The van der Waals surface area contributed by atoms with Crippen molar-refractivity contribution in [1.29, 1.82) is 5.26 Å². The Balaban J connectivity index is 1.96. The highest BCUT2D eigenvalue weighted by molar-refractivity contribution is 5.97. The molecule has 2 rings (SSSR count). The number of carbonyl (C=O) groups is 2. The van der Waals surface area contributed by atoms with Gasteiger partial charge in [0.25, 0.3) is 5.91 Å². The van der Waals surface area contributed by atoms with Gasteiger partial charge in [0.15, 0.2) is 12.2 Å². The summed E-state index contributed by atoms with van der Waals surface area (Å²) >= 11 is 0. The second kappa shape index (κ2) is 9.39. The lowest BCUT2D eigenvalue weighted by Gasteiger charge is -2.25. The van der Waals surface area contributed by atoms with Crippen LogP contribution in [0.3, 0.4) is 0 Å². The highest BCUT2D eigenvalue weighted by Gasteiger charge is 2.27. The van der Waals surface area contributed by atoms with Crippen LogP contribution in [0, 0.1) is 11.3 Å². The van der Waals surface area contributed by atoms with Crippen LogP contribution in [0.5, 0.6) is 5.75 Å². The maximum absolute atomic E-state index is 12.6. The number of amides is 1. The van der Waals surface area contributed by atoms with Gasteiger partial charge in [-0.2, -0.15) is 5.26 Å². The number of carbonyl (C=O) groups excluding carboxylic acids is 2. The van der Waals surface area contributed by atoms with Gasteiger partial charge in [-0.15, -0.1) is 0 Å². The fourth-order valence-corrected chi connectivity index (χ4v) is 2.47. The zero-order chi connectivity index (χ0) is 19.8. The summed E-state index contributed by atoms with van der Waals surface area (Å²) in [6, 6.07) is 17.6. The highest BCUT2D eigenvalue weighted by Crippen LogP contribution is 2.17. The minimum atomic E-state index is -0.940. The van der Waals surface area contributed by atoms with Crippen molar-refractivity contribution in [1.82, 2.24) is 0 Å². The van der Waals surface area contributed by atoms with E-state index in [2.05, 4.69) is 0 Å². The molecule has 0 heterocycles. The molecule has 0 saturated heterocycles. The van der Waals surface area contributed by atoms with E-state index in [0.717, 1.165) is 5.69 Å². The number of ether oxygens (including phenoxy) is 2. The molecule has 6 heteroatoms. The van der Waals surface area contributed by atoms with Crippen molar-refractivity contribution in [2.24, 2.45) is 0 Å². The lowest BCUT2D eigenvalue weighted by molar-refractivity contribution is -0.160. The van der Waals surface area contributed by atoms with E-state index in [9.17, 15) is 9.59 Å². The Morgan fingerprint density at radius 1 is 1.04 bits per heavy atom. The SMILES string of the molecule is CCN(C(=O)[C@@H](C)OC(=O)[C@@H](C)Oc1ccc(C#N)cc1)c1ccccc1. The molecule has 0 aromatic heterocycles. The van der Waals surface area contributed by atoms with Crippen LogP contribution in [-0.4, -0.2) is 30.6 Å². The Kier molecular flexibility index (Phi) is 6.95. The van der Waals surface area contributed by atoms with E-state index in [4.69, 9.17) is 14.7 Å². The van der Waals surface area contributed by atoms with Crippen LogP contribution in [0.25, 0.3) is 0 Å². The molecule has 0 spiro atoms. The zero-order valence-corrected chi connectivity index (χ0v) is 15.6. The van der Waals surface area contributed by atoms with Crippen molar-refractivity contribution in [3.05, 3.63) is 60.2 Å². The number of benzene rings is 2. The van der Waals surface area contributed by atoms with Crippen molar-refractivity contribution in [3.63, 3.8) is 0 Å². The van der Waals surface area contributed by atoms with Crippen LogP contribution in [0.1, 0.15) is 26.3 Å². The number of likely N-dealkylation sites (N-methyl/N-ethyl adjacent to an activating group) is 1. The average molecular weight is 366 g/mol. The van der Waals surface area contributed by atoms with Gasteiger partial charge in [-0.3, -0.25) is 4.79 Å². The Hall–Kier alpha value is -3.33. The number of esters is 1. The first-order valence-corrected chi connectivity index (χ1v) is 8.70.